The maximum Gasteiger partial charge on any atom is 0.136 e. The molecule has 17 rings (SSSR count). The predicted molar refractivity (Wildman–Crippen MR) is 339 cm³/mol. The van der Waals surface area contributed by atoms with Gasteiger partial charge in [-0.25, -0.2) is 0 Å². The molecule has 17 aromatic rings. The van der Waals surface area contributed by atoms with Gasteiger partial charge < -0.3 is 4.42 Å². The molecule has 0 aliphatic heterocycles. The zero-order valence-corrected chi connectivity index (χ0v) is 43.1. The first-order valence-corrected chi connectivity index (χ1v) is 27.3. The quantitative estimate of drug-likeness (QED) is 0.126. The zero-order valence-electron chi connectivity index (χ0n) is 43.1. The number of hydrogen-bond donors (Lipinski definition) is 0. The Labute approximate surface area is 456 Å². The third-order valence-corrected chi connectivity index (χ3v) is 16.6. The summed E-state index contributed by atoms with van der Waals surface area (Å²) >= 11 is 0. The summed E-state index contributed by atoms with van der Waals surface area (Å²) in [6, 6.07) is 106. The molecule has 0 fully saturated rings. The van der Waals surface area contributed by atoms with E-state index in [1.54, 1.807) is 0 Å². The van der Waals surface area contributed by atoms with E-state index in [-0.39, 0.29) is 0 Å². The van der Waals surface area contributed by atoms with Crippen molar-refractivity contribution in [3.8, 4) is 44.5 Å². The molecule has 0 saturated carbocycles. The Hall–Kier alpha value is -10.3. The highest BCUT2D eigenvalue weighted by Crippen LogP contribution is 2.49. The fraction of sp³-hybridized carbons (Fsp3) is 0. The fourth-order valence-electron chi connectivity index (χ4n) is 13.2. The minimum absolute atomic E-state index is 0.916. The lowest BCUT2D eigenvalue weighted by Gasteiger charge is -2.20. The molecule has 1 aromatic heterocycles. The van der Waals surface area contributed by atoms with Gasteiger partial charge in [0, 0.05) is 10.8 Å². The Morgan fingerprint density at radius 2 is 0.608 bits per heavy atom. The molecule has 1 heterocycles. The van der Waals surface area contributed by atoms with Gasteiger partial charge >= 0.3 is 0 Å². The highest BCUT2D eigenvalue weighted by Gasteiger charge is 2.22. The van der Waals surface area contributed by atoms with Gasteiger partial charge in [0.05, 0.1) is 0 Å². The lowest BCUT2D eigenvalue weighted by molar-refractivity contribution is 0.669. The van der Waals surface area contributed by atoms with E-state index in [2.05, 4.69) is 291 Å². The first-order valence-electron chi connectivity index (χ1n) is 27.3. The molecule has 0 aliphatic carbocycles. The molecule has 79 heavy (non-hydrogen) atoms. The van der Waals surface area contributed by atoms with E-state index in [1.807, 2.05) is 0 Å². The Morgan fingerprint density at radius 3 is 1.22 bits per heavy atom. The Morgan fingerprint density at radius 1 is 0.177 bits per heavy atom. The second-order valence-electron chi connectivity index (χ2n) is 20.9. The third-order valence-electron chi connectivity index (χ3n) is 16.6. The van der Waals surface area contributed by atoms with Gasteiger partial charge in [-0.2, -0.15) is 0 Å². The van der Waals surface area contributed by atoms with Gasteiger partial charge in [-0.15, -0.1) is 0 Å². The highest BCUT2D eigenvalue weighted by molar-refractivity contribution is 6.29. The SMILES string of the molecule is c1ccc(-c2c3ccccc3c(-c3cc4ccc5ccccc5c4c4ccccc34)c3ccccc23)cc1.c1ccc2cc(-c3c4ccccc4c(-c4cccc5oc6cc7ccccc7cc6c45)c4ccccc34)ccc2c1. The predicted octanol–water partition coefficient (Wildman–Crippen LogP) is 22.3. The van der Waals surface area contributed by atoms with Crippen LogP contribution in [-0.4, -0.2) is 0 Å². The van der Waals surface area contributed by atoms with Gasteiger partial charge in [-0.3, -0.25) is 0 Å². The molecule has 0 bridgehead atoms. The summed E-state index contributed by atoms with van der Waals surface area (Å²) in [7, 11) is 0. The summed E-state index contributed by atoms with van der Waals surface area (Å²) in [6.07, 6.45) is 0. The second kappa shape index (κ2) is 18.2. The number of hydrogen-bond acceptors (Lipinski definition) is 1. The molecular formula is C78H48O. The summed E-state index contributed by atoms with van der Waals surface area (Å²) < 4.78 is 6.48. The molecule has 0 saturated heterocycles. The standard InChI is InChI=1S/C40H24O.C38H24/c1-2-11-26-22-29(21-20-25(26)10-1)38-30-14-5-7-16-32(30)39(33-17-8-6-15-31(33)38)34-18-9-19-36-40(34)35-23-27-12-3-4-13-28(27)24-37(35)41-36;1-2-13-26(14-3-1)36-31-18-8-10-20-33(31)38(34-21-11-9-19-32(34)36)35-24-27-23-22-25-12-4-5-15-28(25)37(27)30-17-7-6-16-29(30)35/h1-24H;1-24H. The normalized spacial score (nSPS) is 11.8. The van der Waals surface area contributed by atoms with Crippen LogP contribution in [0.3, 0.4) is 0 Å². The Balaban J connectivity index is 0.000000132. The van der Waals surface area contributed by atoms with Gasteiger partial charge in [-0.05, 0) is 172 Å². The van der Waals surface area contributed by atoms with Crippen LogP contribution < -0.4 is 0 Å². The number of fused-ring (bicyclic) bond motifs is 14. The van der Waals surface area contributed by atoms with Crippen LogP contribution in [0.2, 0.25) is 0 Å². The Bertz CT molecular complexity index is 5200. The van der Waals surface area contributed by atoms with E-state index in [0.717, 1.165) is 16.6 Å². The van der Waals surface area contributed by atoms with E-state index in [9.17, 15) is 0 Å². The average molecular weight is 1000 g/mol. The van der Waals surface area contributed by atoms with Crippen molar-refractivity contribution in [2.45, 2.75) is 0 Å². The largest absolute Gasteiger partial charge is 0.456 e. The van der Waals surface area contributed by atoms with Crippen molar-refractivity contribution in [2.75, 3.05) is 0 Å². The van der Waals surface area contributed by atoms with Crippen molar-refractivity contribution in [1.29, 1.82) is 0 Å². The van der Waals surface area contributed by atoms with E-state index in [4.69, 9.17) is 4.42 Å². The van der Waals surface area contributed by atoms with Crippen LogP contribution in [0.25, 0.3) is 163 Å². The summed E-state index contributed by atoms with van der Waals surface area (Å²) in [5.41, 5.74) is 12.0. The molecule has 0 radical (unpaired) electrons. The molecule has 0 N–H and O–H groups in total. The summed E-state index contributed by atoms with van der Waals surface area (Å²) in [5.74, 6) is 0. The monoisotopic (exact) mass is 1000 g/mol. The van der Waals surface area contributed by atoms with Crippen LogP contribution >= 0.6 is 0 Å². The van der Waals surface area contributed by atoms with Crippen molar-refractivity contribution < 1.29 is 4.42 Å². The highest BCUT2D eigenvalue weighted by atomic mass is 16.3. The van der Waals surface area contributed by atoms with E-state index in [1.165, 1.54) is 147 Å². The van der Waals surface area contributed by atoms with E-state index in [0.29, 0.717) is 0 Å². The van der Waals surface area contributed by atoms with Crippen molar-refractivity contribution in [3.05, 3.63) is 291 Å². The second-order valence-corrected chi connectivity index (χ2v) is 20.9. The fourth-order valence-corrected chi connectivity index (χ4v) is 13.2. The maximum absolute atomic E-state index is 6.48. The maximum atomic E-state index is 6.48. The minimum atomic E-state index is 0.916. The number of rotatable bonds is 4. The lowest BCUT2D eigenvalue weighted by Crippen LogP contribution is -1.92. The van der Waals surface area contributed by atoms with Gasteiger partial charge in [0.25, 0.3) is 0 Å². The van der Waals surface area contributed by atoms with Gasteiger partial charge in [0.2, 0.25) is 0 Å². The van der Waals surface area contributed by atoms with Gasteiger partial charge in [-0.1, -0.05) is 261 Å². The summed E-state index contributed by atoms with van der Waals surface area (Å²) in [6.45, 7) is 0. The van der Waals surface area contributed by atoms with Crippen molar-refractivity contribution in [2.24, 2.45) is 0 Å². The molecule has 16 aromatic carbocycles. The number of furan rings is 1. The van der Waals surface area contributed by atoms with E-state index >= 15 is 0 Å². The molecule has 0 atom stereocenters. The molecule has 0 amide bonds. The average Bonchev–Trinajstić information content (AvgIpc) is 4.02. The van der Waals surface area contributed by atoms with Crippen molar-refractivity contribution in [3.63, 3.8) is 0 Å². The smallest absolute Gasteiger partial charge is 0.136 e. The molecule has 1 heteroatoms. The van der Waals surface area contributed by atoms with Crippen LogP contribution in [0.1, 0.15) is 0 Å². The third kappa shape index (κ3) is 7.17. The van der Waals surface area contributed by atoms with Gasteiger partial charge in [0.1, 0.15) is 11.2 Å². The van der Waals surface area contributed by atoms with E-state index < -0.39 is 0 Å². The van der Waals surface area contributed by atoms with Crippen LogP contribution in [0.15, 0.2) is 296 Å². The van der Waals surface area contributed by atoms with Crippen molar-refractivity contribution in [1.82, 2.24) is 0 Å². The van der Waals surface area contributed by atoms with Crippen molar-refractivity contribution >= 4 is 119 Å². The molecule has 0 aliphatic rings. The first-order chi connectivity index (χ1) is 39.2. The van der Waals surface area contributed by atoms with Crippen LogP contribution in [0, 0.1) is 0 Å². The summed E-state index contributed by atoms with van der Waals surface area (Å²) in [4.78, 5) is 0. The van der Waals surface area contributed by atoms with Crippen LogP contribution in [-0.2, 0) is 0 Å². The minimum Gasteiger partial charge on any atom is -0.456 e. The molecule has 0 unspecified atom stereocenters. The van der Waals surface area contributed by atoms with Gasteiger partial charge in [0.15, 0.2) is 0 Å². The number of benzene rings is 16. The summed E-state index contributed by atoms with van der Waals surface area (Å²) in [5, 5.41) is 25.2. The Kier molecular flexibility index (Phi) is 10.3. The molecular weight excluding hydrogens is 953 g/mol. The lowest BCUT2D eigenvalue weighted by atomic mass is 9.83. The first kappa shape index (κ1) is 44.9. The zero-order chi connectivity index (χ0) is 52.0. The molecule has 1 nitrogen and oxygen atoms in total. The van der Waals surface area contributed by atoms with Crippen LogP contribution in [0.5, 0.6) is 0 Å². The topological polar surface area (TPSA) is 13.1 Å². The molecule has 0 spiro atoms. The molecule has 366 valence electrons. The van der Waals surface area contributed by atoms with Crippen LogP contribution in [0.4, 0.5) is 0 Å².